The molecule has 22 heavy (non-hydrogen) atoms. The summed E-state index contributed by atoms with van der Waals surface area (Å²) in [7, 11) is -8.67. The fourth-order valence-electron chi connectivity index (χ4n) is 0. The first-order chi connectivity index (χ1) is 8.66. The van der Waals surface area contributed by atoms with Crippen molar-refractivity contribution in [2.45, 2.75) is 0 Å². The first kappa shape index (κ1) is 43.2. The first-order valence-electron chi connectivity index (χ1n) is 3.71. The summed E-state index contributed by atoms with van der Waals surface area (Å²) in [4.78, 5) is 8.33. The molecule has 0 atom stereocenters. The van der Waals surface area contributed by atoms with Gasteiger partial charge in [0.2, 0.25) is 0 Å². The van der Waals surface area contributed by atoms with E-state index in [0.717, 1.165) is 0 Å². The van der Waals surface area contributed by atoms with Crippen molar-refractivity contribution in [3.63, 3.8) is 0 Å². The van der Waals surface area contributed by atoms with Gasteiger partial charge in [0.25, 0.3) is 0 Å². The quantitative estimate of drug-likeness (QED) is 0.184. The van der Waals surface area contributed by atoms with Crippen LogP contribution < -0.4 is 47.9 Å². The van der Waals surface area contributed by atoms with E-state index in [9.17, 15) is 0 Å². The molecule has 0 saturated carbocycles. The van der Waals surface area contributed by atoms with Crippen LogP contribution in [0.1, 0.15) is 0 Å². The Morgan fingerprint density at radius 2 is 0.500 bits per heavy atom. The number of hydrogen-bond acceptors (Lipinski definition) is 15. The molecule has 0 spiro atoms. The van der Waals surface area contributed by atoms with E-state index in [4.69, 9.17) is 75.3 Å². The van der Waals surface area contributed by atoms with E-state index >= 15 is 0 Å². The molecule has 0 unspecified atom stereocenters. The van der Waals surface area contributed by atoms with Crippen molar-refractivity contribution in [3.05, 3.63) is 0 Å². The third kappa shape index (κ3) is 125000. The Balaban J connectivity index is -0.0000000250. The van der Waals surface area contributed by atoms with Crippen LogP contribution in [0.5, 0.6) is 0 Å². The standard InChI is InChI=1S/CH2O3.4BH3O3.2Li/c5*2-1(3)4;;/h(H2,2,3,4);4*2-4H;;/q;;;;;2*+1/p-2. The minimum absolute atomic E-state index is 0. The predicted octanol–water partition coefficient (Wildman–Crippen LogP) is -16.6. The second-order valence-corrected chi connectivity index (χ2v) is 1.64. The number of rotatable bonds is 0. The second-order valence-electron chi connectivity index (χ2n) is 1.64. The molecule has 15 nitrogen and oxygen atoms in total. The van der Waals surface area contributed by atoms with E-state index in [0.29, 0.717) is 0 Å². The van der Waals surface area contributed by atoms with Crippen LogP contribution in [0.15, 0.2) is 0 Å². The topological polar surface area (TPSA) is 306 Å². The van der Waals surface area contributed by atoms with Crippen LogP contribution in [-0.4, -0.2) is 95.7 Å². The van der Waals surface area contributed by atoms with Gasteiger partial charge in [0.15, 0.2) is 0 Å². The third-order valence-corrected chi connectivity index (χ3v) is 0. The monoisotopic (exact) mass is 322 g/mol. The van der Waals surface area contributed by atoms with Gasteiger partial charge in [0.05, 0.1) is 0 Å². The summed E-state index contributed by atoms with van der Waals surface area (Å²) in [6.45, 7) is 0. The Kier molecular flexibility index (Phi) is 73.6. The van der Waals surface area contributed by atoms with Crippen LogP contribution >= 0.6 is 0 Å². The molecule has 0 bridgehead atoms. The van der Waals surface area contributed by atoms with Crippen LogP contribution in [0, 0.1) is 0 Å². The van der Waals surface area contributed by atoms with E-state index in [-0.39, 0.29) is 37.7 Å². The van der Waals surface area contributed by atoms with Gasteiger partial charge in [0, 0.05) is 0 Å². The smallest absolute Gasteiger partial charge is 0.652 e. The summed E-state index contributed by atoms with van der Waals surface area (Å²) >= 11 is 0. The fourth-order valence-corrected chi connectivity index (χ4v) is 0. The molecule has 12 N–H and O–H groups in total. The zero-order valence-corrected chi connectivity index (χ0v) is 11.4. The molecule has 0 aromatic carbocycles. The average molecular weight is 321 g/mol. The molecule has 0 aliphatic carbocycles. The summed E-state index contributed by atoms with van der Waals surface area (Å²) in [6.07, 6.45) is -2.33. The van der Waals surface area contributed by atoms with Crippen LogP contribution in [0.2, 0.25) is 0 Å². The Morgan fingerprint density at radius 1 is 0.500 bits per heavy atom. The van der Waals surface area contributed by atoms with Crippen LogP contribution in [0.3, 0.4) is 0 Å². The maximum atomic E-state index is 8.33. The van der Waals surface area contributed by atoms with Crippen LogP contribution in [-0.2, 0) is 0 Å². The van der Waals surface area contributed by atoms with Crippen molar-refractivity contribution in [2.75, 3.05) is 0 Å². The van der Waals surface area contributed by atoms with Gasteiger partial charge in [0.1, 0.15) is 0 Å². The molecule has 21 heteroatoms. The maximum Gasteiger partial charge on any atom is 1.00 e. The van der Waals surface area contributed by atoms with Crippen molar-refractivity contribution in [3.8, 4) is 0 Å². The minimum Gasteiger partial charge on any atom is -0.652 e. The van der Waals surface area contributed by atoms with E-state index in [1.165, 1.54) is 0 Å². The molecule has 0 fully saturated rings. The molecule has 0 radical (unpaired) electrons. The minimum atomic E-state index is -2.33. The van der Waals surface area contributed by atoms with Crippen LogP contribution in [0.25, 0.3) is 0 Å². The van der Waals surface area contributed by atoms with Gasteiger partial charge in [-0.25, -0.2) is 0 Å². The van der Waals surface area contributed by atoms with Gasteiger partial charge in [-0.2, -0.15) is 0 Å². The number of hydrogen-bond donors (Lipinski definition) is 12. The molecule has 120 valence electrons. The molecule has 0 heterocycles. The van der Waals surface area contributed by atoms with E-state index in [1.54, 1.807) is 0 Å². The Morgan fingerprint density at radius 3 is 0.500 bits per heavy atom. The first-order valence-corrected chi connectivity index (χ1v) is 3.71. The zero-order chi connectivity index (χ0) is 17.9. The molecular weight excluding hydrogens is 309 g/mol. The predicted molar refractivity (Wildman–Crippen MR) is 55.0 cm³/mol. The van der Waals surface area contributed by atoms with Gasteiger partial charge in [-0.1, -0.05) is 0 Å². The summed E-state index contributed by atoms with van der Waals surface area (Å²) in [5.41, 5.74) is 0. The normalized spacial score (nSPS) is 6.00. The van der Waals surface area contributed by atoms with E-state index in [2.05, 4.69) is 0 Å². The largest absolute Gasteiger partial charge is 1.00 e. The van der Waals surface area contributed by atoms with Gasteiger partial charge in [-0.05, 0) is 6.16 Å². The summed E-state index contributed by atoms with van der Waals surface area (Å²) in [5.74, 6) is 0. The number of carbonyl (C=O) groups is 1. The average Bonchev–Trinajstić information content (AvgIpc) is 1.94. The van der Waals surface area contributed by atoms with E-state index < -0.39 is 35.4 Å². The number of carboxylic acid groups (broad SMARTS) is 2. The Labute approximate surface area is 148 Å². The van der Waals surface area contributed by atoms with Crippen molar-refractivity contribution in [1.82, 2.24) is 0 Å². The number of carbonyl (C=O) groups excluding carboxylic acids is 1. The Hall–Kier alpha value is 0.245. The summed E-state index contributed by atoms with van der Waals surface area (Å²) in [6, 6.07) is 0. The molecule has 0 aromatic heterocycles. The van der Waals surface area contributed by atoms with Crippen molar-refractivity contribution in [1.29, 1.82) is 0 Å². The van der Waals surface area contributed by atoms with Gasteiger partial charge >= 0.3 is 67.0 Å². The van der Waals surface area contributed by atoms with Gasteiger partial charge in [-0.3, -0.25) is 0 Å². The summed E-state index contributed by atoms with van der Waals surface area (Å²) in [5, 5.41) is 103. The maximum absolute atomic E-state index is 8.33. The van der Waals surface area contributed by atoms with Gasteiger partial charge < -0.3 is 75.3 Å². The van der Waals surface area contributed by atoms with Crippen molar-refractivity contribution < 1.29 is 113 Å². The van der Waals surface area contributed by atoms with Crippen LogP contribution in [0.4, 0.5) is 4.79 Å². The van der Waals surface area contributed by atoms with Crippen molar-refractivity contribution >= 4 is 35.4 Å². The molecule has 0 rings (SSSR count). The third-order valence-electron chi connectivity index (χ3n) is 0. The van der Waals surface area contributed by atoms with Crippen molar-refractivity contribution in [2.24, 2.45) is 0 Å². The molecular formula is CH12B4Li2O15. The molecule has 0 aliphatic heterocycles. The second kappa shape index (κ2) is 37.5. The summed E-state index contributed by atoms with van der Waals surface area (Å²) < 4.78 is 0. The molecule has 0 saturated heterocycles. The molecule has 0 amide bonds. The van der Waals surface area contributed by atoms with E-state index in [1.807, 2.05) is 0 Å². The fraction of sp³-hybridized carbons (Fsp3) is 0. The molecule has 0 aromatic rings. The Bertz CT molecular complexity index is 129. The zero-order valence-electron chi connectivity index (χ0n) is 11.4. The van der Waals surface area contributed by atoms with Gasteiger partial charge in [-0.15, -0.1) is 0 Å². The molecule has 0 aliphatic rings. The SMILES string of the molecule is O=C([O-])[O-].OB(O)O.OB(O)O.OB(O)O.OB(O)O.[Li+].[Li+].